The van der Waals surface area contributed by atoms with E-state index in [0.717, 1.165) is 11.3 Å². The van der Waals surface area contributed by atoms with E-state index in [0.29, 0.717) is 13.0 Å². The molecule has 4 heteroatoms. The second-order valence-corrected chi connectivity index (χ2v) is 4.66. The lowest BCUT2D eigenvalue weighted by Gasteiger charge is -2.20. The molecule has 1 atom stereocenters. The number of amides is 1. The van der Waals surface area contributed by atoms with Gasteiger partial charge >= 0.3 is 6.09 Å². The Morgan fingerprint density at radius 3 is 2.82 bits per heavy atom. The Morgan fingerprint density at radius 2 is 2.18 bits per heavy atom. The van der Waals surface area contributed by atoms with Crippen LogP contribution in [0.5, 0.6) is 0 Å². The topological polar surface area (TPSA) is 49.8 Å². The summed E-state index contributed by atoms with van der Waals surface area (Å²) in [6.45, 7) is 4.31. The molecule has 1 fully saturated rings. The van der Waals surface area contributed by atoms with Crippen LogP contribution in [0.1, 0.15) is 18.9 Å². The Balaban J connectivity index is 2.25. The highest BCUT2D eigenvalue weighted by Gasteiger charge is 2.41. The molecule has 0 aromatic heterocycles. The van der Waals surface area contributed by atoms with Crippen LogP contribution in [0, 0.1) is 6.92 Å². The second-order valence-electron chi connectivity index (χ2n) is 4.66. The molecule has 92 valence electrons. The summed E-state index contributed by atoms with van der Waals surface area (Å²) >= 11 is 0. The standard InChI is InChI=1S/C13H17NO3/c1-10-5-3-4-6-11(10)14-9-13(2,7-8-15)17-12(14)16/h3-6,15H,7-9H2,1-2H3. The van der Waals surface area contributed by atoms with Crippen LogP contribution in [0.25, 0.3) is 0 Å². The highest BCUT2D eigenvalue weighted by atomic mass is 16.6. The van der Waals surface area contributed by atoms with Crippen LogP contribution in [0.2, 0.25) is 0 Å². The first-order chi connectivity index (χ1) is 8.06. The van der Waals surface area contributed by atoms with Crippen LogP contribution in [-0.2, 0) is 4.74 Å². The number of cyclic esters (lactones) is 1. The summed E-state index contributed by atoms with van der Waals surface area (Å²) in [6.07, 6.45) is 0.122. The van der Waals surface area contributed by atoms with Crippen molar-refractivity contribution in [3.63, 3.8) is 0 Å². The van der Waals surface area contributed by atoms with Crippen LogP contribution >= 0.6 is 0 Å². The molecule has 0 aliphatic carbocycles. The summed E-state index contributed by atoms with van der Waals surface area (Å²) in [5, 5.41) is 8.98. The molecule has 17 heavy (non-hydrogen) atoms. The van der Waals surface area contributed by atoms with E-state index in [2.05, 4.69) is 0 Å². The third-order valence-corrected chi connectivity index (χ3v) is 3.09. The molecule has 1 saturated heterocycles. The van der Waals surface area contributed by atoms with Crippen molar-refractivity contribution < 1.29 is 14.6 Å². The Bertz CT molecular complexity index is 432. The molecule has 2 rings (SSSR count). The molecule has 1 amide bonds. The molecule has 0 saturated carbocycles. The molecule has 4 nitrogen and oxygen atoms in total. The minimum absolute atomic E-state index is 0.0192. The molecule has 1 aliphatic rings. The summed E-state index contributed by atoms with van der Waals surface area (Å²) in [6, 6.07) is 7.70. The lowest BCUT2D eigenvalue weighted by atomic mass is 10.0. The maximum atomic E-state index is 11.8. The lowest BCUT2D eigenvalue weighted by Crippen LogP contribution is -2.32. The number of aryl methyl sites for hydroxylation is 1. The van der Waals surface area contributed by atoms with Gasteiger partial charge < -0.3 is 9.84 Å². The summed E-state index contributed by atoms with van der Waals surface area (Å²) in [7, 11) is 0. The van der Waals surface area contributed by atoms with E-state index in [1.165, 1.54) is 0 Å². The first kappa shape index (κ1) is 11.9. The molecular formula is C13H17NO3. The maximum absolute atomic E-state index is 11.8. The predicted molar refractivity (Wildman–Crippen MR) is 65.1 cm³/mol. The molecule has 0 bridgehead atoms. The molecule has 1 aliphatic heterocycles. The molecule has 1 unspecified atom stereocenters. The fraction of sp³-hybridized carbons (Fsp3) is 0.462. The average Bonchev–Trinajstić information content (AvgIpc) is 2.55. The number of ether oxygens (including phenoxy) is 1. The zero-order valence-electron chi connectivity index (χ0n) is 10.1. The van der Waals surface area contributed by atoms with Crippen molar-refractivity contribution in [1.29, 1.82) is 0 Å². The van der Waals surface area contributed by atoms with Crippen LogP contribution < -0.4 is 4.90 Å². The monoisotopic (exact) mass is 235 g/mol. The van der Waals surface area contributed by atoms with Crippen molar-refractivity contribution in [2.45, 2.75) is 25.9 Å². The summed E-state index contributed by atoms with van der Waals surface area (Å²) in [4.78, 5) is 13.5. The number of hydrogen-bond acceptors (Lipinski definition) is 3. The molecule has 1 heterocycles. The summed E-state index contributed by atoms with van der Waals surface area (Å²) in [5.41, 5.74) is 1.32. The van der Waals surface area contributed by atoms with Gasteiger partial charge in [-0.1, -0.05) is 18.2 Å². The average molecular weight is 235 g/mol. The van der Waals surface area contributed by atoms with Crippen molar-refractivity contribution in [2.24, 2.45) is 0 Å². The zero-order chi connectivity index (χ0) is 12.5. The number of hydrogen-bond donors (Lipinski definition) is 1. The van der Waals surface area contributed by atoms with Gasteiger partial charge in [-0.05, 0) is 25.5 Å². The smallest absolute Gasteiger partial charge is 0.415 e. The van der Waals surface area contributed by atoms with Gasteiger partial charge in [-0.25, -0.2) is 4.79 Å². The Kier molecular flexibility index (Phi) is 3.07. The van der Waals surface area contributed by atoms with Gasteiger partial charge in [0.25, 0.3) is 0 Å². The maximum Gasteiger partial charge on any atom is 0.415 e. The highest BCUT2D eigenvalue weighted by Crippen LogP contribution is 2.31. The normalized spacial score (nSPS) is 23.9. The first-order valence-corrected chi connectivity index (χ1v) is 5.73. The third-order valence-electron chi connectivity index (χ3n) is 3.09. The SMILES string of the molecule is Cc1ccccc1N1CC(C)(CCO)OC1=O. The van der Waals surface area contributed by atoms with Crippen molar-refractivity contribution >= 4 is 11.8 Å². The Morgan fingerprint density at radius 1 is 1.47 bits per heavy atom. The number of carbonyl (C=O) groups is 1. The van der Waals surface area contributed by atoms with Gasteiger partial charge in [-0.2, -0.15) is 0 Å². The van der Waals surface area contributed by atoms with E-state index in [-0.39, 0.29) is 12.7 Å². The minimum Gasteiger partial charge on any atom is -0.441 e. The van der Waals surface area contributed by atoms with Gasteiger partial charge in [-0.15, -0.1) is 0 Å². The van der Waals surface area contributed by atoms with Crippen LogP contribution in [0.3, 0.4) is 0 Å². The zero-order valence-corrected chi connectivity index (χ0v) is 10.1. The van der Waals surface area contributed by atoms with E-state index in [9.17, 15) is 4.79 Å². The Hall–Kier alpha value is -1.55. The van der Waals surface area contributed by atoms with E-state index in [1.54, 1.807) is 4.90 Å². The lowest BCUT2D eigenvalue weighted by molar-refractivity contribution is 0.0502. The molecular weight excluding hydrogens is 218 g/mol. The number of anilines is 1. The van der Waals surface area contributed by atoms with Gasteiger partial charge in [0, 0.05) is 13.0 Å². The van der Waals surface area contributed by atoms with Crippen molar-refractivity contribution in [3.05, 3.63) is 29.8 Å². The summed E-state index contributed by atoms with van der Waals surface area (Å²) < 4.78 is 5.34. The highest BCUT2D eigenvalue weighted by molar-refractivity contribution is 5.91. The number of aliphatic hydroxyl groups is 1. The molecule has 0 radical (unpaired) electrons. The number of nitrogens with zero attached hydrogens (tertiary/aromatic N) is 1. The Labute approximate surface area is 101 Å². The van der Waals surface area contributed by atoms with Crippen molar-refractivity contribution in [2.75, 3.05) is 18.1 Å². The third kappa shape index (κ3) is 2.26. The molecule has 1 N–H and O–H groups in total. The van der Waals surface area contributed by atoms with E-state index in [1.807, 2.05) is 38.1 Å². The number of benzene rings is 1. The quantitative estimate of drug-likeness (QED) is 0.872. The summed E-state index contributed by atoms with van der Waals surface area (Å²) in [5.74, 6) is 0. The van der Waals surface area contributed by atoms with Gasteiger partial charge in [0.05, 0.1) is 12.2 Å². The molecule has 0 spiro atoms. The number of rotatable bonds is 3. The van der Waals surface area contributed by atoms with Crippen molar-refractivity contribution in [3.8, 4) is 0 Å². The van der Waals surface area contributed by atoms with E-state index < -0.39 is 5.60 Å². The molecule has 1 aromatic carbocycles. The van der Waals surface area contributed by atoms with Gasteiger partial charge in [-0.3, -0.25) is 4.90 Å². The fourth-order valence-electron chi connectivity index (χ4n) is 2.11. The van der Waals surface area contributed by atoms with Gasteiger partial charge in [0.15, 0.2) is 0 Å². The van der Waals surface area contributed by atoms with Crippen molar-refractivity contribution in [1.82, 2.24) is 0 Å². The molecule has 1 aromatic rings. The van der Waals surface area contributed by atoms with E-state index >= 15 is 0 Å². The predicted octanol–water partition coefficient (Wildman–Crippen LogP) is 2.09. The minimum atomic E-state index is -0.589. The van der Waals surface area contributed by atoms with Crippen LogP contribution in [-0.4, -0.2) is 30.0 Å². The number of carbonyl (C=O) groups excluding carboxylic acids is 1. The number of para-hydroxylation sites is 1. The van der Waals surface area contributed by atoms with Crippen LogP contribution in [0.4, 0.5) is 10.5 Å². The largest absolute Gasteiger partial charge is 0.441 e. The number of aliphatic hydroxyl groups excluding tert-OH is 1. The van der Waals surface area contributed by atoms with Crippen LogP contribution in [0.15, 0.2) is 24.3 Å². The first-order valence-electron chi connectivity index (χ1n) is 5.73. The van der Waals surface area contributed by atoms with Gasteiger partial charge in [0.2, 0.25) is 0 Å². The van der Waals surface area contributed by atoms with Gasteiger partial charge in [0.1, 0.15) is 5.60 Å². The fourth-order valence-corrected chi connectivity index (χ4v) is 2.11. The van der Waals surface area contributed by atoms with E-state index in [4.69, 9.17) is 9.84 Å². The second kappa shape index (κ2) is 4.37.